The lowest BCUT2D eigenvalue weighted by Crippen LogP contribution is -2.25. The molecule has 0 saturated carbocycles. The number of nitrogens with one attached hydrogen (secondary N) is 1. The minimum atomic E-state index is -0.316. The molecule has 1 amide bonds. The number of benzene rings is 2. The van der Waals surface area contributed by atoms with Crippen molar-refractivity contribution in [1.82, 2.24) is 5.32 Å². The number of rotatable bonds is 4. The highest BCUT2D eigenvalue weighted by molar-refractivity contribution is 5.98. The van der Waals surface area contributed by atoms with E-state index in [2.05, 4.69) is 5.32 Å². The van der Waals surface area contributed by atoms with E-state index in [4.69, 9.17) is 18.9 Å². The molecule has 4 rings (SSSR count). The topological polar surface area (TPSA) is 66.0 Å². The van der Waals surface area contributed by atoms with Crippen LogP contribution < -0.4 is 14.8 Å². The molecule has 2 aliphatic rings. The minimum absolute atomic E-state index is 0.0387. The number of ether oxygens (including phenoxy) is 4. The van der Waals surface area contributed by atoms with Gasteiger partial charge in [-0.25, -0.2) is 0 Å². The van der Waals surface area contributed by atoms with E-state index >= 15 is 0 Å². The molecule has 0 fully saturated rings. The third-order valence-electron chi connectivity index (χ3n) is 3.75. The van der Waals surface area contributed by atoms with Gasteiger partial charge in [-0.1, -0.05) is 36.4 Å². The summed E-state index contributed by atoms with van der Waals surface area (Å²) in [6.07, 6.45) is 0. The van der Waals surface area contributed by atoms with E-state index in [1.165, 1.54) is 0 Å². The smallest absolute Gasteiger partial charge is 0.290 e. The first-order chi connectivity index (χ1) is 11.8. The van der Waals surface area contributed by atoms with Gasteiger partial charge in [0.2, 0.25) is 19.3 Å². The molecule has 2 heterocycles. The molecule has 6 nitrogen and oxygen atoms in total. The van der Waals surface area contributed by atoms with Gasteiger partial charge in [-0.3, -0.25) is 4.79 Å². The molecule has 122 valence electrons. The van der Waals surface area contributed by atoms with Crippen LogP contribution in [0, 0.1) is 0 Å². The number of amides is 1. The van der Waals surface area contributed by atoms with Crippen LogP contribution in [0.5, 0.6) is 11.5 Å². The maximum absolute atomic E-state index is 12.4. The third kappa shape index (κ3) is 2.74. The highest BCUT2D eigenvalue weighted by Gasteiger charge is 2.25. The second-order valence-electron chi connectivity index (χ2n) is 5.30. The Hall–Kier alpha value is -3.15. The van der Waals surface area contributed by atoms with Gasteiger partial charge in [0, 0.05) is 12.1 Å². The van der Waals surface area contributed by atoms with E-state index in [1.807, 2.05) is 48.5 Å². The van der Waals surface area contributed by atoms with E-state index in [-0.39, 0.29) is 25.3 Å². The first-order valence-corrected chi connectivity index (χ1v) is 7.53. The zero-order valence-corrected chi connectivity index (χ0v) is 12.8. The van der Waals surface area contributed by atoms with E-state index in [0.29, 0.717) is 23.8 Å². The Kier molecular flexibility index (Phi) is 3.70. The van der Waals surface area contributed by atoms with Crippen LogP contribution in [0.1, 0.15) is 11.1 Å². The van der Waals surface area contributed by atoms with Crippen LogP contribution in [0.4, 0.5) is 0 Å². The summed E-state index contributed by atoms with van der Waals surface area (Å²) in [5, 5.41) is 2.83. The van der Waals surface area contributed by atoms with Gasteiger partial charge in [0.15, 0.2) is 17.3 Å². The molecule has 0 aliphatic carbocycles. The Balaban J connectivity index is 1.48. The predicted octanol–water partition coefficient (Wildman–Crippen LogP) is 2.40. The number of fused-ring (bicyclic) bond motifs is 1. The zero-order valence-electron chi connectivity index (χ0n) is 12.8. The predicted molar refractivity (Wildman–Crippen MR) is 84.8 cm³/mol. The lowest BCUT2D eigenvalue weighted by atomic mass is 10.1. The van der Waals surface area contributed by atoms with Gasteiger partial charge in [0.05, 0.1) is 0 Å². The van der Waals surface area contributed by atoms with Crippen molar-refractivity contribution in [2.75, 3.05) is 13.6 Å². The number of hydrogen-bond donors (Lipinski definition) is 1. The SMILES string of the molecule is O=C(NCc1ccc2c(c1)OCO2)C1=C(c2ccccc2)OCO1. The summed E-state index contributed by atoms with van der Waals surface area (Å²) >= 11 is 0. The number of carbonyl (C=O) groups excluding carboxylic acids is 1. The van der Waals surface area contributed by atoms with Gasteiger partial charge in [0.25, 0.3) is 5.91 Å². The second kappa shape index (κ2) is 6.16. The van der Waals surface area contributed by atoms with Crippen LogP contribution in [-0.2, 0) is 20.8 Å². The highest BCUT2D eigenvalue weighted by atomic mass is 16.7. The first-order valence-electron chi connectivity index (χ1n) is 7.53. The summed E-state index contributed by atoms with van der Waals surface area (Å²) in [4.78, 5) is 12.4. The Labute approximate surface area is 138 Å². The molecule has 0 atom stereocenters. The van der Waals surface area contributed by atoms with Crippen molar-refractivity contribution in [3.05, 3.63) is 65.4 Å². The van der Waals surface area contributed by atoms with E-state index < -0.39 is 0 Å². The van der Waals surface area contributed by atoms with Crippen molar-refractivity contribution in [2.24, 2.45) is 0 Å². The van der Waals surface area contributed by atoms with Gasteiger partial charge < -0.3 is 24.3 Å². The van der Waals surface area contributed by atoms with Gasteiger partial charge in [-0.05, 0) is 17.7 Å². The molecule has 0 radical (unpaired) electrons. The van der Waals surface area contributed by atoms with Crippen LogP contribution in [-0.4, -0.2) is 19.5 Å². The molecule has 0 aromatic heterocycles. The molecule has 0 bridgehead atoms. The van der Waals surface area contributed by atoms with Crippen LogP contribution in [0.25, 0.3) is 5.76 Å². The molecular weight excluding hydrogens is 310 g/mol. The molecule has 2 aliphatic heterocycles. The summed E-state index contributed by atoms with van der Waals surface area (Å²) in [7, 11) is 0. The largest absolute Gasteiger partial charge is 0.454 e. The number of hydrogen-bond acceptors (Lipinski definition) is 5. The monoisotopic (exact) mass is 325 g/mol. The highest BCUT2D eigenvalue weighted by Crippen LogP contribution is 2.32. The Morgan fingerprint density at radius 1 is 0.917 bits per heavy atom. The standard InChI is InChI=1S/C18H15NO5/c20-18(17-16(23-11-24-17)13-4-2-1-3-5-13)19-9-12-6-7-14-15(8-12)22-10-21-14/h1-8H,9-11H2,(H,19,20). The van der Waals surface area contributed by atoms with Crippen molar-refractivity contribution in [3.8, 4) is 11.5 Å². The van der Waals surface area contributed by atoms with E-state index in [1.54, 1.807) is 0 Å². The van der Waals surface area contributed by atoms with Crippen LogP contribution in [0.2, 0.25) is 0 Å². The van der Waals surface area contributed by atoms with E-state index in [0.717, 1.165) is 11.1 Å². The normalized spacial score (nSPS) is 15.0. The average Bonchev–Trinajstić information content (AvgIpc) is 3.29. The summed E-state index contributed by atoms with van der Waals surface area (Å²) in [5.41, 5.74) is 1.72. The van der Waals surface area contributed by atoms with Gasteiger partial charge in [-0.15, -0.1) is 0 Å². The lowest BCUT2D eigenvalue weighted by Gasteiger charge is -2.07. The van der Waals surface area contributed by atoms with Crippen molar-refractivity contribution in [2.45, 2.75) is 6.54 Å². The van der Waals surface area contributed by atoms with Crippen LogP contribution >= 0.6 is 0 Å². The van der Waals surface area contributed by atoms with Crippen molar-refractivity contribution >= 4 is 11.7 Å². The van der Waals surface area contributed by atoms with Crippen molar-refractivity contribution < 1.29 is 23.7 Å². The molecule has 0 saturated heterocycles. The maximum atomic E-state index is 12.4. The fourth-order valence-electron chi connectivity index (χ4n) is 2.56. The number of carbonyl (C=O) groups is 1. The van der Waals surface area contributed by atoms with Gasteiger partial charge >= 0.3 is 0 Å². The quantitative estimate of drug-likeness (QED) is 0.935. The summed E-state index contributed by atoms with van der Waals surface area (Å²) in [6.45, 7) is 0.616. The molecule has 24 heavy (non-hydrogen) atoms. The molecule has 2 aromatic carbocycles. The van der Waals surface area contributed by atoms with Gasteiger partial charge in [-0.2, -0.15) is 0 Å². The Morgan fingerprint density at radius 3 is 2.58 bits per heavy atom. The molecular formula is C18H15NO5. The summed E-state index contributed by atoms with van der Waals surface area (Å²) in [5.74, 6) is 1.74. The zero-order chi connectivity index (χ0) is 16.4. The first kappa shape index (κ1) is 14.4. The lowest BCUT2D eigenvalue weighted by molar-refractivity contribution is -0.121. The van der Waals surface area contributed by atoms with Crippen molar-refractivity contribution in [1.29, 1.82) is 0 Å². The summed E-state index contributed by atoms with van der Waals surface area (Å²) < 4.78 is 21.4. The molecule has 6 heteroatoms. The molecule has 0 unspecified atom stereocenters. The minimum Gasteiger partial charge on any atom is -0.454 e. The fourth-order valence-corrected chi connectivity index (χ4v) is 2.56. The maximum Gasteiger partial charge on any atom is 0.290 e. The Bertz CT molecular complexity index is 800. The van der Waals surface area contributed by atoms with Crippen LogP contribution in [0.3, 0.4) is 0 Å². The van der Waals surface area contributed by atoms with Crippen LogP contribution in [0.15, 0.2) is 54.3 Å². The summed E-state index contributed by atoms with van der Waals surface area (Å²) in [6, 6.07) is 15.0. The third-order valence-corrected chi connectivity index (χ3v) is 3.75. The molecule has 0 spiro atoms. The average molecular weight is 325 g/mol. The second-order valence-corrected chi connectivity index (χ2v) is 5.30. The molecule has 1 N–H and O–H groups in total. The fraction of sp³-hybridized carbons (Fsp3) is 0.167. The van der Waals surface area contributed by atoms with Crippen molar-refractivity contribution in [3.63, 3.8) is 0 Å². The Morgan fingerprint density at radius 2 is 1.71 bits per heavy atom. The molecule has 2 aromatic rings. The van der Waals surface area contributed by atoms with Gasteiger partial charge in [0.1, 0.15) is 0 Å². The van der Waals surface area contributed by atoms with E-state index in [9.17, 15) is 4.79 Å².